The molecule has 1 heterocycles. The van der Waals surface area contributed by atoms with E-state index in [2.05, 4.69) is 4.98 Å². The Bertz CT molecular complexity index is 497. The van der Waals surface area contributed by atoms with Crippen molar-refractivity contribution >= 4 is 34.5 Å². The van der Waals surface area contributed by atoms with Crippen LogP contribution in [0.4, 0.5) is 19.4 Å². The first kappa shape index (κ1) is 10.9. The Labute approximate surface area is 87.4 Å². The molecule has 15 heavy (non-hydrogen) atoms. The van der Waals surface area contributed by atoms with E-state index in [-0.39, 0.29) is 9.78 Å². The zero-order chi connectivity index (χ0) is 11.4. The van der Waals surface area contributed by atoms with Gasteiger partial charge in [0, 0.05) is 0 Å². The summed E-state index contributed by atoms with van der Waals surface area (Å²) in [6.45, 7) is 0. The van der Waals surface area contributed by atoms with Crippen molar-refractivity contribution < 1.29 is 19.4 Å². The van der Waals surface area contributed by atoms with Crippen molar-refractivity contribution in [1.29, 1.82) is 0 Å². The molecule has 0 unspecified atom stereocenters. The first-order valence-electron chi connectivity index (χ1n) is 3.66. The molecule has 2 rings (SSSR count). The van der Waals surface area contributed by atoms with Gasteiger partial charge < -0.3 is 0 Å². The van der Waals surface area contributed by atoms with E-state index >= 15 is 0 Å². The van der Waals surface area contributed by atoms with Gasteiger partial charge in [0.15, 0.2) is 0 Å². The number of para-hydroxylation sites is 1. The molecule has 8 heteroatoms. The molecular weight excluding hydrogens is 304 g/mol. The maximum absolute atomic E-state index is 12.4. The van der Waals surface area contributed by atoms with Gasteiger partial charge in [0.05, 0.1) is 0 Å². The summed E-state index contributed by atoms with van der Waals surface area (Å²) in [4.78, 5) is 2.99. The number of benzene rings is 1. The van der Waals surface area contributed by atoms with Crippen molar-refractivity contribution in [1.82, 2.24) is 4.98 Å². The number of rotatable bonds is 1. The molecule has 0 fully saturated rings. The van der Waals surface area contributed by atoms with Crippen LogP contribution in [-0.4, -0.2) is 19.5 Å². The number of halogens is 5. The first-order chi connectivity index (χ1) is 6.56. The van der Waals surface area contributed by atoms with Crippen LogP contribution in [0.15, 0.2) is 28.2 Å². The maximum atomic E-state index is 12.4. The monoisotopic (exact) mass is 309 g/mol. The zero-order valence-electron chi connectivity index (χ0n) is 6.96. The third-order valence-corrected chi connectivity index (χ3v) is 6.51. The average Bonchev–Trinajstić information content (AvgIpc) is 2.43. The van der Waals surface area contributed by atoms with E-state index in [0.29, 0.717) is 0 Å². The predicted octanol–water partition coefficient (Wildman–Crippen LogP) is 3.95. The molecule has 0 aliphatic rings. The van der Waals surface area contributed by atoms with Gasteiger partial charge >= 0.3 is 87.1 Å². The fourth-order valence-corrected chi connectivity index (χ4v) is 4.36. The Kier molecular flexibility index (Phi) is 1.74. The van der Waals surface area contributed by atoms with Crippen molar-refractivity contribution in [3.05, 3.63) is 24.3 Å². The van der Waals surface area contributed by atoms with Gasteiger partial charge in [-0.05, 0) is 0 Å². The minimum absolute atomic E-state index is 0.000694. The van der Waals surface area contributed by atoms with Crippen LogP contribution in [0.3, 0.4) is 0 Å². The van der Waals surface area contributed by atoms with Crippen molar-refractivity contribution in [2.45, 2.75) is 3.90 Å². The van der Waals surface area contributed by atoms with Gasteiger partial charge in [-0.2, -0.15) is 0 Å². The zero-order valence-corrected chi connectivity index (χ0v) is 9.49. The van der Waals surface area contributed by atoms with E-state index < -0.39 is 28.6 Å². The Morgan fingerprint density at radius 3 is 2.13 bits per heavy atom. The molecule has 0 aliphatic carbocycles. The number of hydrogen-bond acceptors (Lipinski definition) is 1. The molecule has 0 saturated carbocycles. The number of fused-ring (bicyclic) bond motifs is 1. The third kappa shape index (κ3) is 2.16. The fourth-order valence-electron chi connectivity index (χ4n) is 1.02. The second-order valence-corrected chi connectivity index (χ2v) is 7.99. The molecule has 0 saturated heterocycles. The molecule has 1 nitrogen and oxygen atoms in total. The van der Waals surface area contributed by atoms with Crippen LogP contribution in [0.1, 0.15) is 0 Å². The molecule has 0 amide bonds. The minimum atomic E-state index is -9.55. The van der Waals surface area contributed by atoms with Gasteiger partial charge in [-0.15, -0.1) is 0 Å². The fraction of sp³-hybridized carbons (Fsp3) is 0. The average molecular weight is 308 g/mol. The second kappa shape index (κ2) is 2.39. The second-order valence-electron chi connectivity index (χ2n) is 2.92. The summed E-state index contributed by atoms with van der Waals surface area (Å²) in [5.41, 5.74) is 0.000694. The molecule has 1 aromatic carbocycles. The van der Waals surface area contributed by atoms with E-state index in [9.17, 15) is 19.4 Å². The van der Waals surface area contributed by atoms with Crippen molar-refractivity contribution in [3.63, 3.8) is 0 Å². The summed E-state index contributed by atoms with van der Waals surface area (Å²) in [5.74, 6) is 0. The number of aromatic nitrogens is 1. The van der Waals surface area contributed by atoms with Gasteiger partial charge in [0.25, 0.3) is 0 Å². The van der Waals surface area contributed by atoms with Crippen LogP contribution in [0.5, 0.6) is 0 Å². The summed E-state index contributed by atoms with van der Waals surface area (Å²) in [6.07, 6.45) is 0. The molecular formula is C7H4F5NSSe. The molecule has 0 N–H and O–H groups in total. The quantitative estimate of drug-likeness (QED) is 0.574. The van der Waals surface area contributed by atoms with E-state index in [4.69, 9.17) is 0 Å². The summed E-state index contributed by atoms with van der Waals surface area (Å²) < 4.78 is 60.2. The van der Waals surface area contributed by atoms with E-state index in [1.165, 1.54) is 24.3 Å². The van der Waals surface area contributed by atoms with Gasteiger partial charge in [-0.25, -0.2) is 0 Å². The summed E-state index contributed by atoms with van der Waals surface area (Å²) in [6, 6.07) is 5.65. The molecule has 0 radical (unpaired) electrons. The van der Waals surface area contributed by atoms with Crippen LogP contribution in [0, 0.1) is 0 Å². The van der Waals surface area contributed by atoms with Crippen LogP contribution in [0.25, 0.3) is 9.78 Å². The Hall–Kier alpha value is -0.591. The van der Waals surface area contributed by atoms with Gasteiger partial charge in [-0.1, -0.05) is 0 Å². The normalized spacial score (nSPS) is 17.4. The summed E-state index contributed by atoms with van der Waals surface area (Å²) in [5, 5.41) is 0. The van der Waals surface area contributed by atoms with Crippen molar-refractivity contribution in [2.75, 3.05) is 0 Å². The predicted molar refractivity (Wildman–Crippen MR) is 50.1 cm³/mol. The Morgan fingerprint density at radius 2 is 1.60 bits per heavy atom. The van der Waals surface area contributed by atoms with Crippen LogP contribution < -0.4 is 0 Å². The van der Waals surface area contributed by atoms with E-state index in [1.54, 1.807) is 0 Å². The molecule has 1 aromatic heterocycles. The Morgan fingerprint density at radius 1 is 1.00 bits per heavy atom. The molecule has 0 atom stereocenters. The first-order valence-corrected chi connectivity index (χ1v) is 7.32. The standard InChI is InChI=1S/C7H4F5NSSe/c8-14(9,10,11,12)7-13-5-3-1-2-4-6(5)15-7/h1-4H. The van der Waals surface area contributed by atoms with E-state index in [1.807, 2.05) is 0 Å². The van der Waals surface area contributed by atoms with Crippen LogP contribution in [-0.2, 0) is 0 Å². The van der Waals surface area contributed by atoms with E-state index in [0.717, 1.165) is 0 Å². The topological polar surface area (TPSA) is 12.9 Å². The van der Waals surface area contributed by atoms with Crippen LogP contribution in [0.2, 0.25) is 0 Å². The van der Waals surface area contributed by atoms with Crippen molar-refractivity contribution in [3.8, 4) is 0 Å². The number of nitrogens with zero attached hydrogens (tertiary/aromatic N) is 1. The van der Waals surface area contributed by atoms with Gasteiger partial charge in [0.2, 0.25) is 0 Å². The molecule has 0 aliphatic heterocycles. The third-order valence-electron chi connectivity index (χ3n) is 1.60. The SMILES string of the molecule is FS(F)(F)(F)(F)c1nc2ccccc2[se]1. The molecule has 0 bridgehead atoms. The van der Waals surface area contributed by atoms with Gasteiger partial charge in [-0.3, -0.25) is 0 Å². The number of hydrogen-bond donors (Lipinski definition) is 0. The summed E-state index contributed by atoms with van der Waals surface area (Å²) >= 11 is -1.44. The molecule has 0 spiro atoms. The van der Waals surface area contributed by atoms with Crippen molar-refractivity contribution in [2.24, 2.45) is 0 Å². The Balaban J connectivity index is 2.76. The molecule has 84 valence electrons. The van der Waals surface area contributed by atoms with Crippen LogP contribution >= 0.6 is 10.2 Å². The summed E-state index contributed by atoms with van der Waals surface area (Å²) in [7, 11) is -9.55. The molecule has 2 aromatic rings. The van der Waals surface area contributed by atoms with Gasteiger partial charge in [0.1, 0.15) is 0 Å².